The molecule has 0 saturated carbocycles. The number of amides is 1. The molecule has 0 spiro atoms. The fourth-order valence-corrected chi connectivity index (χ4v) is 2.65. The number of nitrogens with two attached hydrogens (primary N) is 1. The minimum atomic E-state index is -1.10. The van der Waals surface area contributed by atoms with Crippen molar-refractivity contribution in [2.75, 3.05) is 0 Å². The predicted molar refractivity (Wildman–Crippen MR) is 82.7 cm³/mol. The summed E-state index contributed by atoms with van der Waals surface area (Å²) >= 11 is 0. The average Bonchev–Trinajstić information content (AvgIpc) is 2.77. The van der Waals surface area contributed by atoms with Gasteiger partial charge in [-0.1, -0.05) is 42.0 Å². The summed E-state index contributed by atoms with van der Waals surface area (Å²) < 4.78 is 13.1. The molecule has 0 bridgehead atoms. The van der Waals surface area contributed by atoms with Crippen LogP contribution < -0.4 is 11.1 Å². The summed E-state index contributed by atoms with van der Waals surface area (Å²) in [6, 6.07) is 13.7. The molecule has 1 aliphatic rings. The van der Waals surface area contributed by atoms with Crippen molar-refractivity contribution in [3.63, 3.8) is 0 Å². The Morgan fingerprint density at radius 2 is 1.77 bits per heavy atom. The van der Waals surface area contributed by atoms with E-state index >= 15 is 0 Å². The van der Waals surface area contributed by atoms with E-state index in [9.17, 15) is 9.18 Å². The molecule has 0 saturated heterocycles. The zero-order chi connectivity index (χ0) is 15.7. The molecule has 1 amide bonds. The van der Waals surface area contributed by atoms with Gasteiger partial charge in [0.1, 0.15) is 5.82 Å². The van der Waals surface area contributed by atoms with E-state index in [1.165, 1.54) is 12.1 Å². The number of benzene rings is 2. The molecule has 4 nitrogen and oxygen atoms in total. The van der Waals surface area contributed by atoms with Gasteiger partial charge in [-0.2, -0.15) is 0 Å². The van der Waals surface area contributed by atoms with Crippen molar-refractivity contribution < 1.29 is 9.18 Å². The van der Waals surface area contributed by atoms with E-state index in [0.29, 0.717) is 6.42 Å². The van der Waals surface area contributed by atoms with Crippen LogP contribution in [0.3, 0.4) is 0 Å². The smallest absolute Gasteiger partial charge is 0.259 e. The first-order valence-electron chi connectivity index (χ1n) is 6.98. The van der Waals surface area contributed by atoms with Gasteiger partial charge in [-0.3, -0.25) is 10.1 Å². The quantitative estimate of drug-likeness (QED) is 0.910. The number of rotatable bonds is 3. The molecule has 1 atom stereocenters. The van der Waals surface area contributed by atoms with E-state index in [2.05, 4.69) is 10.3 Å². The maximum absolute atomic E-state index is 13.1. The van der Waals surface area contributed by atoms with Crippen LogP contribution in [0.15, 0.2) is 53.5 Å². The Hall–Kier alpha value is -2.69. The second-order valence-corrected chi connectivity index (χ2v) is 5.48. The highest BCUT2D eigenvalue weighted by Gasteiger charge is 2.44. The molecular formula is C17H16FN3O. The van der Waals surface area contributed by atoms with Gasteiger partial charge in [0, 0.05) is 6.42 Å². The highest BCUT2D eigenvalue weighted by molar-refractivity contribution is 6.07. The van der Waals surface area contributed by atoms with Gasteiger partial charge in [0.05, 0.1) is 0 Å². The minimum Gasteiger partial charge on any atom is -0.370 e. The molecule has 0 radical (unpaired) electrons. The molecule has 5 heteroatoms. The van der Waals surface area contributed by atoms with E-state index < -0.39 is 5.54 Å². The Bertz CT molecular complexity index is 738. The number of hydrogen-bond donors (Lipinski definition) is 2. The van der Waals surface area contributed by atoms with Crippen LogP contribution in [-0.4, -0.2) is 11.9 Å². The van der Waals surface area contributed by atoms with Crippen molar-refractivity contribution >= 4 is 11.9 Å². The zero-order valence-corrected chi connectivity index (χ0v) is 12.1. The summed E-state index contributed by atoms with van der Waals surface area (Å²) in [5, 5.41) is 2.57. The second-order valence-electron chi connectivity index (χ2n) is 5.48. The van der Waals surface area contributed by atoms with Gasteiger partial charge in [0.15, 0.2) is 11.5 Å². The van der Waals surface area contributed by atoms with Gasteiger partial charge in [-0.05, 0) is 30.2 Å². The van der Waals surface area contributed by atoms with Crippen LogP contribution in [0.5, 0.6) is 0 Å². The van der Waals surface area contributed by atoms with Gasteiger partial charge in [-0.25, -0.2) is 9.38 Å². The molecule has 0 aliphatic carbocycles. The van der Waals surface area contributed by atoms with Crippen LogP contribution in [0.2, 0.25) is 0 Å². The Kier molecular flexibility index (Phi) is 3.41. The fraction of sp³-hybridized carbons (Fsp3) is 0.176. The molecule has 0 fully saturated rings. The molecule has 3 N–H and O–H groups in total. The monoisotopic (exact) mass is 297 g/mol. The second kappa shape index (κ2) is 5.26. The normalized spacial score (nSPS) is 20.6. The molecular weight excluding hydrogens is 281 g/mol. The number of halogens is 1. The third-order valence-corrected chi connectivity index (χ3v) is 3.83. The zero-order valence-electron chi connectivity index (χ0n) is 12.1. The average molecular weight is 297 g/mol. The first-order valence-corrected chi connectivity index (χ1v) is 6.98. The summed E-state index contributed by atoms with van der Waals surface area (Å²) in [6.45, 7) is 1.97. The molecule has 3 rings (SSSR count). The Morgan fingerprint density at radius 3 is 2.32 bits per heavy atom. The number of hydrogen-bond acceptors (Lipinski definition) is 3. The number of carbonyl (C=O) groups excluding carboxylic acids is 1. The lowest BCUT2D eigenvalue weighted by Gasteiger charge is -2.24. The molecule has 112 valence electrons. The third kappa shape index (κ3) is 2.45. The van der Waals surface area contributed by atoms with Crippen LogP contribution in [0.4, 0.5) is 4.39 Å². The molecule has 22 heavy (non-hydrogen) atoms. The maximum atomic E-state index is 13.1. The van der Waals surface area contributed by atoms with E-state index in [0.717, 1.165) is 16.7 Å². The molecule has 2 aromatic rings. The van der Waals surface area contributed by atoms with Crippen LogP contribution in [0, 0.1) is 12.7 Å². The highest BCUT2D eigenvalue weighted by Crippen LogP contribution is 2.33. The standard InChI is InChI=1S/C17H16FN3O/c1-11-2-6-13(7-3-11)17(15(22)20-16(19)21-17)10-12-4-8-14(18)9-5-12/h2-9H,10H2,1H3,(H3,19,20,21,22). The number of nitrogens with zero attached hydrogens (tertiary/aromatic N) is 1. The minimum absolute atomic E-state index is 0.104. The van der Waals surface area contributed by atoms with Crippen molar-refractivity contribution in [1.82, 2.24) is 5.32 Å². The summed E-state index contributed by atoms with van der Waals surface area (Å²) in [6.07, 6.45) is 0.322. The van der Waals surface area contributed by atoms with Crippen molar-refractivity contribution in [3.8, 4) is 0 Å². The number of carbonyl (C=O) groups is 1. The SMILES string of the molecule is Cc1ccc(C2(Cc3ccc(F)cc3)N=C(N)NC2=O)cc1. The summed E-state index contributed by atoms with van der Waals surface area (Å²) in [5.74, 6) is -0.474. The Morgan fingerprint density at radius 1 is 1.14 bits per heavy atom. The number of nitrogens with one attached hydrogen (secondary N) is 1. The van der Waals surface area contributed by atoms with Crippen LogP contribution in [0.1, 0.15) is 16.7 Å². The predicted octanol–water partition coefficient (Wildman–Crippen LogP) is 2.02. The molecule has 1 unspecified atom stereocenters. The van der Waals surface area contributed by atoms with Crippen LogP contribution in [0.25, 0.3) is 0 Å². The van der Waals surface area contributed by atoms with Crippen LogP contribution >= 0.6 is 0 Å². The summed E-state index contributed by atoms with van der Waals surface area (Å²) in [5.41, 5.74) is 7.28. The lowest BCUT2D eigenvalue weighted by molar-refractivity contribution is -0.124. The molecule has 1 heterocycles. The lowest BCUT2D eigenvalue weighted by atomic mass is 9.84. The first-order chi connectivity index (χ1) is 10.5. The van der Waals surface area contributed by atoms with Gasteiger partial charge in [-0.15, -0.1) is 0 Å². The van der Waals surface area contributed by atoms with Gasteiger partial charge in [0.2, 0.25) is 0 Å². The van der Waals surface area contributed by atoms with Gasteiger partial charge in [0.25, 0.3) is 5.91 Å². The third-order valence-electron chi connectivity index (χ3n) is 3.83. The topological polar surface area (TPSA) is 67.5 Å². The molecule has 1 aliphatic heterocycles. The number of guanidine groups is 1. The van der Waals surface area contributed by atoms with Gasteiger partial charge < -0.3 is 5.73 Å². The first kappa shape index (κ1) is 14.3. The Balaban J connectivity index is 2.06. The number of aryl methyl sites for hydroxylation is 1. The Labute approximate surface area is 127 Å². The summed E-state index contributed by atoms with van der Waals surface area (Å²) in [7, 11) is 0. The fourth-order valence-electron chi connectivity index (χ4n) is 2.65. The highest BCUT2D eigenvalue weighted by atomic mass is 19.1. The van der Waals surface area contributed by atoms with Crippen molar-refractivity contribution in [2.24, 2.45) is 10.7 Å². The lowest BCUT2D eigenvalue weighted by Crippen LogP contribution is -2.40. The van der Waals surface area contributed by atoms with Gasteiger partial charge >= 0.3 is 0 Å². The van der Waals surface area contributed by atoms with Crippen LogP contribution in [-0.2, 0) is 16.8 Å². The maximum Gasteiger partial charge on any atom is 0.259 e. The van der Waals surface area contributed by atoms with E-state index in [-0.39, 0.29) is 17.7 Å². The van der Waals surface area contributed by atoms with Crippen molar-refractivity contribution in [2.45, 2.75) is 18.9 Å². The molecule has 0 aromatic heterocycles. The van der Waals surface area contributed by atoms with E-state index in [1.54, 1.807) is 12.1 Å². The largest absolute Gasteiger partial charge is 0.370 e. The van der Waals surface area contributed by atoms with E-state index in [1.807, 2.05) is 31.2 Å². The van der Waals surface area contributed by atoms with Crippen molar-refractivity contribution in [3.05, 3.63) is 71.0 Å². The number of aliphatic imine (C=N–C) groups is 1. The summed E-state index contributed by atoms with van der Waals surface area (Å²) in [4.78, 5) is 16.8. The van der Waals surface area contributed by atoms with E-state index in [4.69, 9.17) is 5.73 Å². The van der Waals surface area contributed by atoms with Crippen molar-refractivity contribution in [1.29, 1.82) is 0 Å². The molecule has 2 aromatic carbocycles.